The summed E-state index contributed by atoms with van der Waals surface area (Å²) in [5.74, 6) is -0.0777. The molecule has 2 heterocycles. The van der Waals surface area contributed by atoms with Crippen molar-refractivity contribution in [1.29, 1.82) is 0 Å². The van der Waals surface area contributed by atoms with E-state index in [4.69, 9.17) is 0 Å². The average Bonchev–Trinajstić information content (AvgIpc) is 4.02. The molecule has 4 rings (SSSR count). The third kappa shape index (κ3) is 17.7. The Labute approximate surface area is 428 Å². The lowest BCUT2D eigenvalue weighted by Gasteiger charge is -2.48. The van der Waals surface area contributed by atoms with Crippen LogP contribution in [0.3, 0.4) is 0 Å². The first-order valence-corrected chi connectivity index (χ1v) is 27.0. The number of benzene rings is 2. The smallest absolute Gasteiger partial charge is 0.246 e. The minimum absolute atomic E-state index is 0.0914. The van der Waals surface area contributed by atoms with Crippen molar-refractivity contribution in [2.75, 3.05) is 53.4 Å². The second kappa shape index (κ2) is 28.2. The molecule has 3 N–H and O–H groups in total. The maximum Gasteiger partial charge on any atom is 0.246 e. The topological polar surface area (TPSA) is 161 Å². The average molecular weight is 986 g/mol. The molecule has 71 heavy (non-hydrogen) atoms. The van der Waals surface area contributed by atoms with Gasteiger partial charge in [-0.25, -0.2) is 0 Å². The molecule has 0 aromatic heterocycles. The van der Waals surface area contributed by atoms with Crippen LogP contribution in [0.25, 0.3) is 0 Å². The highest BCUT2D eigenvalue weighted by atomic mass is 16.5. The van der Waals surface area contributed by atoms with Gasteiger partial charge in [0.25, 0.3) is 0 Å². The number of hydrogen-bond acceptors (Lipinski definition) is 9. The molecule has 2 saturated heterocycles. The van der Waals surface area contributed by atoms with Crippen molar-refractivity contribution in [1.82, 2.24) is 40.6 Å². The summed E-state index contributed by atoms with van der Waals surface area (Å²) in [5, 5.41) is 23.4. The van der Waals surface area contributed by atoms with E-state index in [1.807, 2.05) is 97.5 Å². The minimum Gasteiger partial charge on any atom is -0.784 e. The standard InChI is InChI=1S/C57H93N8O6/c1-41(45-27-19-17-20-28-45)37-61(39-47-31-25-35-63(47)54(69)51(56(5,6)7)60-53(68)43(3)58-11)49(66)33-23-15-13-14-16-24-34-50(67)62(38-42(2)46-29-21-18-22-30-46)40-48-32-26-36-64(48)55(70)52(57(8,9)10)65(71)44(4)59-12/h17-22,27-30,41-44,47-48,51-52,58-59H,13-16,23-26,31-40H2,1-12H3,(H,60,68)/q-1/t41-,42-,43-,44+,47-,48-,51+,52+/m0/s1. The fraction of sp³-hybridized carbons (Fsp3) is 0.702. The number of nitrogens with one attached hydrogen (secondary N) is 3. The molecule has 2 aliphatic rings. The molecule has 0 radical (unpaired) electrons. The summed E-state index contributed by atoms with van der Waals surface area (Å²) in [4.78, 5) is 77.6. The first kappa shape index (κ1) is 59.2. The Balaban J connectivity index is 1.34. The van der Waals surface area contributed by atoms with Gasteiger partial charge in [0.1, 0.15) is 6.04 Å². The van der Waals surface area contributed by atoms with Gasteiger partial charge >= 0.3 is 0 Å². The molecule has 0 bridgehead atoms. The summed E-state index contributed by atoms with van der Waals surface area (Å²) in [5.41, 5.74) is 1.23. The lowest BCUT2D eigenvalue weighted by Crippen LogP contribution is -2.59. The van der Waals surface area contributed by atoms with Crippen molar-refractivity contribution in [2.24, 2.45) is 10.8 Å². The summed E-state index contributed by atoms with van der Waals surface area (Å²) in [6.45, 7) is 22.7. The van der Waals surface area contributed by atoms with Crippen LogP contribution in [-0.2, 0) is 24.0 Å². The predicted molar refractivity (Wildman–Crippen MR) is 286 cm³/mol. The number of nitrogens with zero attached hydrogens (tertiary/aromatic N) is 5. The molecule has 8 atom stereocenters. The van der Waals surface area contributed by atoms with Crippen molar-refractivity contribution < 1.29 is 24.0 Å². The van der Waals surface area contributed by atoms with Crippen molar-refractivity contribution in [3.8, 4) is 0 Å². The molecule has 2 aliphatic heterocycles. The molecule has 2 aromatic rings. The highest BCUT2D eigenvalue weighted by Crippen LogP contribution is 2.32. The molecule has 0 spiro atoms. The van der Waals surface area contributed by atoms with Crippen molar-refractivity contribution in [2.45, 2.75) is 194 Å². The number of carbonyl (C=O) groups excluding carboxylic acids is 5. The van der Waals surface area contributed by atoms with Crippen LogP contribution in [0.4, 0.5) is 0 Å². The maximum absolute atomic E-state index is 14.3. The first-order valence-electron chi connectivity index (χ1n) is 27.0. The quantitative estimate of drug-likeness (QED) is 0.0455. The van der Waals surface area contributed by atoms with Crippen LogP contribution >= 0.6 is 0 Å². The normalized spacial score (nSPS) is 19.0. The maximum atomic E-state index is 14.3. The van der Waals surface area contributed by atoms with Gasteiger partial charge in [0.2, 0.25) is 29.5 Å². The molecule has 0 saturated carbocycles. The van der Waals surface area contributed by atoms with Gasteiger partial charge in [-0.15, -0.1) is 0 Å². The first-order chi connectivity index (χ1) is 33.6. The van der Waals surface area contributed by atoms with Crippen LogP contribution in [-0.4, -0.2) is 144 Å². The van der Waals surface area contributed by atoms with E-state index in [2.05, 4.69) is 54.1 Å². The van der Waals surface area contributed by atoms with Crippen LogP contribution in [0.15, 0.2) is 60.7 Å². The molecular formula is C57H93N8O6-. The van der Waals surface area contributed by atoms with Crippen LogP contribution in [0, 0.1) is 16.0 Å². The van der Waals surface area contributed by atoms with E-state index in [-0.39, 0.29) is 53.5 Å². The summed E-state index contributed by atoms with van der Waals surface area (Å²) in [7, 11) is 3.45. The van der Waals surface area contributed by atoms with Gasteiger partial charge in [-0.3, -0.25) is 24.0 Å². The van der Waals surface area contributed by atoms with Gasteiger partial charge in [-0.1, -0.05) is 142 Å². The van der Waals surface area contributed by atoms with Crippen LogP contribution in [0.1, 0.15) is 169 Å². The zero-order chi connectivity index (χ0) is 52.5. The van der Waals surface area contributed by atoms with E-state index >= 15 is 0 Å². The minimum atomic E-state index is -0.861. The van der Waals surface area contributed by atoms with Gasteiger partial charge in [-0.2, -0.15) is 0 Å². The summed E-state index contributed by atoms with van der Waals surface area (Å²) >= 11 is 0. The van der Waals surface area contributed by atoms with Crippen LogP contribution < -0.4 is 16.0 Å². The SMILES string of the molecule is CN[C@@H](C)C(=O)N[C@H](C(=O)N1CCC[C@H]1CN(C[C@H](C)c1ccccc1)C(=O)CCCCCCCCC(=O)N(C[C@@H]1CCCN1C(=O)[C@@H](N([O-])[C@H](C)NC)C(C)(C)C)C[C@H](C)c1ccccc1)C(C)(C)C. The van der Waals surface area contributed by atoms with E-state index in [9.17, 15) is 29.2 Å². The van der Waals surface area contributed by atoms with Gasteiger partial charge < -0.3 is 45.8 Å². The van der Waals surface area contributed by atoms with E-state index in [0.717, 1.165) is 74.8 Å². The van der Waals surface area contributed by atoms with Crippen LogP contribution in [0.2, 0.25) is 0 Å². The second-order valence-electron chi connectivity index (χ2n) is 22.9. The fourth-order valence-electron chi connectivity index (χ4n) is 10.3. The Hall–Kier alpha value is -4.37. The van der Waals surface area contributed by atoms with Gasteiger partial charge in [0, 0.05) is 70.4 Å². The number of hydrogen-bond donors (Lipinski definition) is 3. The van der Waals surface area contributed by atoms with Crippen LogP contribution in [0.5, 0.6) is 0 Å². The number of rotatable bonds is 27. The molecule has 14 heteroatoms. The van der Waals surface area contributed by atoms with E-state index in [1.54, 1.807) is 27.9 Å². The monoisotopic (exact) mass is 986 g/mol. The third-order valence-corrected chi connectivity index (χ3v) is 15.0. The largest absolute Gasteiger partial charge is 0.784 e. The van der Waals surface area contributed by atoms with Crippen molar-refractivity contribution in [3.05, 3.63) is 77.0 Å². The Morgan fingerprint density at radius 2 is 1.04 bits per heavy atom. The van der Waals surface area contributed by atoms with Gasteiger partial charge in [0.15, 0.2) is 0 Å². The number of likely N-dealkylation sites (N-methyl/N-ethyl adjacent to an activating group) is 1. The Kier molecular flexibility index (Phi) is 23.5. The lowest BCUT2D eigenvalue weighted by atomic mass is 9.85. The molecule has 5 amide bonds. The van der Waals surface area contributed by atoms with Gasteiger partial charge in [-0.05, 0) is 100 Å². The van der Waals surface area contributed by atoms with E-state index in [0.29, 0.717) is 52.1 Å². The molecular weight excluding hydrogens is 893 g/mol. The molecule has 2 aromatic carbocycles. The zero-order valence-electron chi connectivity index (χ0n) is 45.8. The number of amides is 5. The fourth-order valence-corrected chi connectivity index (χ4v) is 10.3. The number of likely N-dealkylation sites (tertiary alicyclic amines) is 2. The summed E-state index contributed by atoms with van der Waals surface area (Å²) in [6.07, 6.45) is 8.85. The van der Waals surface area contributed by atoms with Gasteiger partial charge in [0.05, 0.1) is 12.1 Å². The van der Waals surface area contributed by atoms with Crippen molar-refractivity contribution in [3.63, 3.8) is 0 Å². The number of hydroxylamine groups is 2. The number of unbranched alkanes of at least 4 members (excludes halogenated alkanes) is 5. The zero-order valence-corrected chi connectivity index (χ0v) is 45.8. The Bertz CT molecular complexity index is 1960. The summed E-state index contributed by atoms with van der Waals surface area (Å²) in [6, 6.07) is 18.2. The van der Waals surface area contributed by atoms with E-state index in [1.165, 1.54) is 5.56 Å². The highest BCUT2D eigenvalue weighted by molar-refractivity contribution is 5.90. The second-order valence-corrected chi connectivity index (χ2v) is 22.9. The highest BCUT2D eigenvalue weighted by Gasteiger charge is 2.43. The Morgan fingerprint density at radius 1 is 0.620 bits per heavy atom. The predicted octanol–water partition coefficient (Wildman–Crippen LogP) is 8.27. The van der Waals surface area contributed by atoms with Crippen molar-refractivity contribution >= 4 is 29.5 Å². The number of carbonyl (C=O) groups is 5. The van der Waals surface area contributed by atoms with E-state index < -0.39 is 35.1 Å². The molecule has 0 unspecified atom stereocenters. The third-order valence-electron chi connectivity index (χ3n) is 15.0. The molecule has 398 valence electrons. The summed E-state index contributed by atoms with van der Waals surface area (Å²) < 4.78 is 0. The molecule has 0 aliphatic carbocycles. The molecule has 14 nitrogen and oxygen atoms in total. The lowest BCUT2D eigenvalue weighted by molar-refractivity contribution is -0.144. The Morgan fingerprint density at radius 3 is 1.44 bits per heavy atom. The molecule has 2 fully saturated rings.